The monoisotopic (exact) mass is 539 g/mol. The number of halogens is 1. The molecule has 1 unspecified atom stereocenters. The molecule has 0 bridgehead atoms. The van der Waals surface area contributed by atoms with Crippen LogP contribution in [0.4, 0.5) is 10.1 Å². The molecule has 3 rings (SSSR count). The van der Waals surface area contributed by atoms with Gasteiger partial charge in [0.25, 0.3) is 0 Å². The number of carbonyl (C=O) groups excluding carboxylic acids is 2. The molecular weight excluding hydrogens is 505 g/mol. The molecule has 0 aliphatic carbocycles. The SMILES string of the molecule is CC(C)(C)NC(=O)C(Cc1ccccc1)N(Cc1ccccc1)C(=O)CN(c1ccccc1F)S(C)(=O)=O. The van der Waals surface area contributed by atoms with Crippen LogP contribution >= 0.6 is 0 Å². The number of carbonyl (C=O) groups is 2. The molecule has 9 heteroatoms. The van der Waals surface area contributed by atoms with Gasteiger partial charge in [0, 0.05) is 18.5 Å². The van der Waals surface area contributed by atoms with Crippen LogP contribution in [-0.2, 0) is 32.6 Å². The van der Waals surface area contributed by atoms with Gasteiger partial charge in [-0.3, -0.25) is 13.9 Å². The van der Waals surface area contributed by atoms with Crippen LogP contribution < -0.4 is 9.62 Å². The van der Waals surface area contributed by atoms with Gasteiger partial charge in [-0.25, -0.2) is 12.8 Å². The van der Waals surface area contributed by atoms with Crippen molar-refractivity contribution in [2.45, 2.75) is 45.3 Å². The standard InChI is InChI=1S/C29H34FN3O4S/c1-29(2,3)31-28(35)26(19-22-13-7-5-8-14-22)32(20-23-15-9-6-10-16-23)27(34)21-33(38(4,36)37)25-18-12-11-17-24(25)30/h5-18,26H,19-21H2,1-4H3,(H,31,35). The van der Waals surface area contributed by atoms with E-state index >= 15 is 0 Å². The van der Waals surface area contributed by atoms with Gasteiger partial charge in [-0.15, -0.1) is 0 Å². The van der Waals surface area contributed by atoms with E-state index in [0.29, 0.717) is 0 Å². The van der Waals surface area contributed by atoms with Gasteiger partial charge in [0.05, 0.1) is 11.9 Å². The molecule has 1 atom stereocenters. The lowest BCUT2D eigenvalue weighted by molar-refractivity contribution is -0.140. The molecule has 0 saturated carbocycles. The summed E-state index contributed by atoms with van der Waals surface area (Å²) < 4.78 is 40.8. The molecule has 0 saturated heterocycles. The van der Waals surface area contributed by atoms with Crippen LogP contribution in [0.5, 0.6) is 0 Å². The fourth-order valence-electron chi connectivity index (χ4n) is 4.04. The average molecular weight is 540 g/mol. The molecule has 0 aliphatic heterocycles. The summed E-state index contributed by atoms with van der Waals surface area (Å²) in [7, 11) is -4.03. The van der Waals surface area contributed by atoms with E-state index in [1.165, 1.54) is 23.1 Å². The summed E-state index contributed by atoms with van der Waals surface area (Å²) in [5.41, 5.74) is 0.793. The summed E-state index contributed by atoms with van der Waals surface area (Å²) in [4.78, 5) is 28.9. The summed E-state index contributed by atoms with van der Waals surface area (Å²) in [5, 5.41) is 2.96. The molecule has 7 nitrogen and oxygen atoms in total. The minimum absolute atomic E-state index is 0.0591. The third-order valence-electron chi connectivity index (χ3n) is 5.77. The molecule has 38 heavy (non-hydrogen) atoms. The zero-order valence-corrected chi connectivity index (χ0v) is 22.9. The van der Waals surface area contributed by atoms with Crippen molar-refractivity contribution in [3.8, 4) is 0 Å². The Morgan fingerprint density at radius 3 is 1.92 bits per heavy atom. The quantitative estimate of drug-likeness (QED) is 0.420. The van der Waals surface area contributed by atoms with Crippen molar-refractivity contribution < 1.29 is 22.4 Å². The third-order valence-corrected chi connectivity index (χ3v) is 6.89. The average Bonchev–Trinajstić information content (AvgIpc) is 2.84. The lowest BCUT2D eigenvalue weighted by Crippen LogP contribution is -2.56. The van der Waals surface area contributed by atoms with Crippen LogP contribution in [0.15, 0.2) is 84.9 Å². The Morgan fingerprint density at radius 1 is 0.868 bits per heavy atom. The smallest absolute Gasteiger partial charge is 0.244 e. The van der Waals surface area contributed by atoms with Gasteiger partial charge in [0.1, 0.15) is 18.4 Å². The van der Waals surface area contributed by atoms with Crippen molar-refractivity contribution in [2.75, 3.05) is 17.1 Å². The van der Waals surface area contributed by atoms with Crippen LogP contribution in [0.3, 0.4) is 0 Å². The van der Waals surface area contributed by atoms with Crippen molar-refractivity contribution >= 4 is 27.5 Å². The molecular formula is C29H34FN3O4S. The van der Waals surface area contributed by atoms with E-state index in [-0.39, 0.29) is 24.6 Å². The molecule has 2 amide bonds. The lowest BCUT2D eigenvalue weighted by Gasteiger charge is -2.35. The molecule has 0 aliphatic rings. The van der Waals surface area contributed by atoms with E-state index in [4.69, 9.17) is 0 Å². The Hall–Kier alpha value is -3.72. The number of rotatable bonds is 10. The summed E-state index contributed by atoms with van der Waals surface area (Å²) in [6, 6.07) is 22.8. The first-order valence-corrected chi connectivity index (χ1v) is 14.1. The Kier molecular flexibility index (Phi) is 9.27. The van der Waals surface area contributed by atoms with E-state index in [1.807, 2.05) is 81.4 Å². The van der Waals surface area contributed by atoms with Gasteiger partial charge in [0.15, 0.2) is 0 Å². The summed E-state index contributed by atoms with van der Waals surface area (Å²) >= 11 is 0. The van der Waals surface area contributed by atoms with E-state index in [9.17, 15) is 22.4 Å². The Morgan fingerprint density at radius 2 is 1.39 bits per heavy atom. The number of hydrogen-bond donors (Lipinski definition) is 1. The number of sulfonamides is 1. The number of anilines is 1. The van der Waals surface area contributed by atoms with Crippen molar-refractivity contribution in [1.29, 1.82) is 0 Å². The summed E-state index contributed by atoms with van der Waals surface area (Å²) in [6.07, 6.45) is 1.13. The lowest BCUT2D eigenvalue weighted by atomic mass is 10.0. The molecule has 0 spiro atoms. The Bertz CT molecular complexity index is 1340. The first kappa shape index (κ1) is 28.8. The third kappa shape index (κ3) is 8.14. The first-order chi connectivity index (χ1) is 17.8. The minimum Gasteiger partial charge on any atom is -0.350 e. The highest BCUT2D eigenvalue weighted by Crippen LogP contribution is 2.23. The predicted molar refractivity (Wildman–Crippen MR) is 147 cm³/mol. The topological polar surface area (TPSA) is 86.8 Å². The number of nitrogens with zero attached hydrogens (tertiary/aromatic N) is 2. The minimum atomic E-state index is -4.03. The van der Waals surface area contributed by atoms with Crippen molar-refractivity contribution in [3.05, 3.63) is 102 Å². The van der Waals surface area contributed by atoms with Crippen LogP contribution in [0, 0.1) is 5.82 Å². The molecule has 0 aromatic heterocycles. The number of hydrogen-bond acceptors (Lipinski definition) is 4. The van der Waals surface area contributed by atoms with Crippen molar-refractivity contribution in [3.63, 3.8) is 0 Å². The number of nitrogens with one attached hydrogen (secondary N) is 1. The molecule has 3 aromatic rings. The van der Waals surface area contributed by atoms with E-state index in [0.717, 1.165) is 27.8 Å². The van der Waals surface area contributed by atoms with Gasteiger partial charge in [-0.1, -0.05) is 72.8 Å². The fourth-order valence-corrected chi connectivity index (χ4v) is 4.89. The second-order valence-corrected chi connectivity index (χ2v) is 12.1. The molecule has 0 heterocycles. The van der Waals surface area contributed by atoms with Gasteiger partial charge >= 0.3 is 0 Å². The molecule has 3 aromatic carbocycles. The largest absolute Gasteiger partial charge is 0.350 e. The molecule has 0 fully saturated rings. The zero-order valence-electron chi connectivity index (χ0n) is 22.1. The maximum atomic E-state index is 14.6. The summed E-state index contributed by atoms with van der Waals surface area (Å²) in [5.74, 6) is -1.78. The Labute approximate surface area is 224 Å². The van der Waals surface area contributed by atoms with Gasteiger partial charge in [0.2, 0.25) is 21.8 Å². The van der Waals surface area contributed by atoms with Crippen molar-refractivity contribution in [2.24, 2.45) is 0 Å². The second kappa shape index (κ2) is 12.2. The maximum Gasteiger partial charge on any atom is 0.244 e. The van der Waals surface area contributed by atoms with Crippen LogP contribution in [0.1, 0.15) is 31.9 Å². The maximum absolute atomic E-state index is 14.6. The normalized spacial score (nSPS) is 12.4. The van der Waals surface area contributed by atoms with Crippen LogP contribution in [0.2, 0.25) is 0 Å². The number of amides is 2. The number of benzene rings is 3. The molecule has 202 valence electrons. The predicted octanol–water partition coefficient (Wildman–Crippen LogP) is 4.15. The van der Waals surface area contributed by atoms with E-state index in [1.54, 1.807) is 0 Å². The van der Waals surface area contributed by atoms with Crippen LogP contribution in [-0.4, -0.2) is 49.5 Å². The fraction of sp³-hybridized carbons (Fsp3) is 0.310. The van der Waals surface area contributed by atoms with Crippen molar-refractivity contribution in [1.82, 2.24) is 10.2 Å². The second-order valence-electron chi connectivity index (χ2n) is 10.2. The highest BCUT2D eigenvalue weighted by Gasteiger charge is 2.34. The molecule has 1 N–H and O–H groups in total. The Balaban J connectivity index is 2.06. The van der Waals surface area contributed by atoms with Gasteiger partial charge in [-0.05, 0) is 44.0 Å². The first-order valence-electron chi connectivity index (χ1n) is 12.3. The zero-order chi connectivity index (χ0) is 27.9. The van der Waals surface area contributed by atoms with E-state index in [2.05, 4.69) is 5.32 Å². The van der Waals surface area contributed by atoms with E-state index < -0.39 is 39.9 Å². The molecule has 0 radical (unpaired) electrons. The number of para-hydroxylation sites is 1. The van der Waals surface area contributed by atoms with Gasteiger partial charge in [-0.2, -0.15) is 0 Å². The van der Waals surface area contributed by atoms with Gasteiger partial charge < -0.3 is 10.2 Å². The van der Waals surface area contributed by atoms with Crippen LogP contribution in [0.25, 0.3) is 0 Å². The highest BCUT2D eigenvalue weighted by molar-refractivity contribution is 7.92. The summed E-state index contributed by atoms with van der Waals surface area (Å²) in [6.45, 7) is 4.93. The highest BCUT2D eigenvalue weighted by atomic mass is 32.2.